The third-order valence-electron chi connectivity index (χ3n) is 1.80. The number of ether oxygens (including phenoxy) is 1. The van der Waals surface area contributed by atoms with Crippen molar-refractivity contribution in [3.8, 4) is 5.75 Å². The molecule has 0 saturated heterocycles. The average Bonchev–Trinajstić information content (AvgIpc) is 2.23. The van der Waals surface area contributed by atoms with Crippen molar-refractivity contribution in [2.45, 2.75) is 13.0 Å². The van der Waals surface area contributed by atoms with E-state index in [4.69, 9.17) is 4.74 Å². The Labute approximate surface area is 92.5 Å². The number of rotatable bonds is 6. The second-order valence-corrected chi connectivity index (χ2v) is 3.30. The molecule has 0 aliphatic heterocycles. The molecule has 0 amide bonds. The first kappa shape index (κ1) is 12.3. The van der Waals surface area contributed by atoms with E-state index < -0.39 is 17.8 Å². The number of hydrogen-bond donors (Lipinski definition) is 1. The molecule has 6 heteroatoms. The van der Waals surface area contributed by atoms with Crippen LogP contribution in [0.25, 0.3) is 0 Å². The maximum absolute atomic E-state index is 9.85. The van der Waals surface area contributed by atoms with Crippen molar-refractivity contribution in [1.82, 2.24) is 0 Å². The van der Waals surface area contributed by atoms with Crippen LogP contribution in [0.5, 0.6) is 5.75 Å². The minimum atomic E-state index is -1.02. The zero-order valence-electron chi connectivity index (χ0n) is 8.83. The first-order chi connectivity index (χ1) is 7.58. The Balaban J connectivity index is 2.31. The van der Waals surface area contributed by atoms with Crippen LogP contribution in [0.3, 0.4) is 0 Å². The molecule has 1 N–H and O–H groups in total. The van der Waals surface area contributed by atoms with Crippen molar-refractivity contribution in [2.24, 2.45) is 0 Å². The van der Waals surface area contributed by atoms with E-state index in [0.29, 0.717) is 5.75 Å². The summed E-state index contributed by atoms with van der Waals surface area (Å²) in [6.07, 6.45) is -1.02. The molecular weight excluding hydrogens is 214 g/mol. The summed E-state index contributed by atoms with van der Waals surface area (Å²) in [5.74, 6) is 0.611. The standard InChI is InChI=1S/C10H13NO5/c1-8-3-2-4-10(5-8)15-6-9(12)7-16-11(13)14/h2-5,9,12H,6-7H2,1H3/t9-/m1/s1. The summed E-state index contributed by atoms with van der Waals surface area (Å²) >= 11 is 0. The second-order valence-electron chi connectivity index (χ2n) is 3.30. The van der Waals surface area contributed by atoms with Crippen LogP contribution < -0.4 is 4.74 Å². The molecule has 0 fully saturated rings. The fourth-order valence-electron chi connectivity index (χ4n) is 1.09. The quantitative estimate of drug-likeness (QED) is 0.577. The van der Waals surface area contributed by atoms with Gasteiger partial charge < -0.3 is 14.7 Å². The van der Waals surface area contributed by atoms with Crippen LogP contribution >= 0.6 is 0 Å². The predicted octanol–water partition coefficient (Wildman–Crippen LogP) is 0.943. The fraction of sp³-hybridized carbons (Fsp3) is 0.400. The van der Waals surface area contributed by atoms with E-state index >= 15 is 0 Å². The molecule has 6 nitrogen and oxygen atoms in total. The molecule has 0 saturated carbocycles. The molecule has 1 atom stereocenters. The first-order valence-corrected chi connectivity index (χ1v) is 4.73. The summed E-state index contributed by atoms with van der Waals surface area (Å²) in [4.78, 5) is 13.9. The van der Waals surface area contributed by atoms with Gasteiger partial charge in [0.1, 0.15) is 25.1 Å². The molecule has 0 aliphatic rings. The topological polar surface area (TPSA) is 81.8 Å². The SMILES string of the molecule is Cc1cccc(OC[C@@H](O)CO[N+](=O)[O-])c1. The highest BCUT2D eigenvalue weighted by atomic mass is 17.0. The smallest absolute Gasteiger partial charge is 0.294 e. The van der Waals surface area contributed by atoms with Crippen molar-refractivity contribution in [2.75, 3.05) is 13.2 Å². The molecule has 0 heterocycles. The molecule has 88 valence electrons. The lowest BCUT2D eigenvalue weighted by Gasteiger charge is -2.11. The van der Waals surface area contributed by atoms with Crippen molar-refractivity contribution in [3.63, 3.8) is 0 Å². The normalized spacial score (nSPS) is 11.9. The molecule has 1 aromatic carbocycles. The Kier molecular flexibility index (Phi) is 4.53. The lowest BCUT2D eigenvalue weighted by molar-refractivity contribution is -0.759. The minimum absolute atomic E-state index is 0.0444. The predicted molar refractivity (Wildman–Crippen MR) is 55.6 cm³/mol. The number of nitrogens with zero attached hydrogens (tertiary/aromatic N) is 1. The highest BCUT2D eigenvalue weighted by Crippen LogP contribution is 2.12. The van der Waals surface area contributed by atoms with E-state index in [2.05, 4.69) is 4.84 Å². The summed E-state index contributed by atoms with van der Waals surface area (Å²) in [6, 6.07) is 7.29. The van der Waals surface area contributed by atoms with E-state index in [1.54, 1.807) is 12.1 Å². The molecule has 0 bridgehead atoms. The number of aryl methyl sites for hydroxylation is 1. The van der Waals surface area contributed by atoms with Gasteiger partial charge in [0.05, 0.1) is 0 Å². The molecule has 16 heavy (non-hydrogen) atoms. The summed E-state index contributed by atoms with van der Waals surface area (Å²) in [7, 11) is 0. The maximum atomic E-state index is 9.85. The first-order valence-electron chi connectivity index (χ1n) is 4.73. The van der Waals surface area contributed by atoms with Gasteiger partial charge in [-0.1, -0.05) is 12.1 Å². The van der Waals surface area contributed by atoms with Crippen LogP contribution in [0.1, 0.15) is 5.56 Å². The monoisotopic (exact) mass is 227 g/mol. The maximum Gasteiger partial charge on any atom is 0.294 e. The molecule has 0 spiro atoms. The van der Waals surface area contributed by atoms with Gasteiger partial charge in [-0.25, -0.2) is 0 Å². The molecular formula is C10H13NO5. The molecule has 1 rings (SSSR count). The van der Waals surface area contributed by atoms with Crippen molar-refractivity contribution < 1.29 is 19.8 Å². The Morgan fingerprint density at radius 3 is 2.88 bits per heavy atom. The molecule has 0 unspecified atom stereocenters. The largest absolute Gasteiger partial charge is 0.491 e. The van der Waals surface area contributed by atoms with E-state index in [9.17, 15) is 15.2 Å². The van der Waals surface area contributed by atoms with Gasteiger partial charge in [0.15, 0.2) is 0 Å². The molecule has 1 aromatic rings. The summed E-state index contributed by atoms with van der Waals surface area (Å²) in [5, 5.41) is 18.2. The Morgan fingerprint density at radius 1 is 1.50 bits per heavy atom. The van der Waals surface area contributed by atoms with Crippen molar-refractivity contribution in [3.05, 3.63) is 39.9 Å². The lowest BCUT2D eigenvalue weighted by Crippen LogP contribution is -2.24. The highest BCUT2D eigenvalue weighted by Gasteiger charge is 2.07. The zero-order valence-corrected chi connectivity index (χ0v) is 8.83. The molecule has 0 radical (unpaired) electrons. The third kappa shape index (κ3) is 4.61. The van der Waals surface area contributed by atoms with E-state index in [1.807, 2.05) is 19.1 Å². The Morgan fingerprint density at radius 2 is 2.25 bits per heavy atom. The van der Waals surface area contributed by atoms with Gasteiger partial charge in [-0.05, 0) is 24.6 Å². The molecule has 0 aliphatic carbocycles. The number of aliphatic hydroxyl groups is 1. The Bertz CT molecular complexity index is 355. The molecule has 0 aromatic heterocycles. The lowest BCUT2D eigenvalue weighted by atomic mass is 10.2. The van der Waals surface area contributed by atoms with Gasteiger partial charge in [-0.15, -0.1) is 10.1 Å². The second kappa shape index (κ2) is 5.92. The average molecular weight is 227 g/mol. The van der Waals surface area contributed by atoms with E-state index in [-0.39, 0.29) is 6.61 Å². The van der Waals surface area contributed by atoms with Crippen LogP contribution in [0.4, 0.5) is 0 Å². The fourth-order valence-corrected chi connectivity index (χ4v) is 1.09. The van der Waals surface area contributed by atoms with Gasteiger partial charge in [-0.3, -0.25) is 0 Å². The van der Waals surface area contributed by atoms with Gasteiger partial charge in [0, 0.05) is 0 Å². The van der Waals surface area contributed by atoms with Gasteiger partial charge in [-0.2, -0.15) is 0 Å². The van der Waals surface area contributed by atoms with Crippen LogP contribution in [0, 0.1) is 17.0 Å². The number of hydrogen-bond acceptors (Lipinski definition) is 5. The third-order valence-corrected chi connectivity index (χ3v) is 1.80. The Hall–Kier alpha value is -1.82. The number of aliphatic hydroxyl groups excluding tert-OH is 1. The highest BCUT2D eigenvalue weighted by molar-refractivity contribution is 5.27. The zero-order chi connectivity index (χ0) is 12.0. The minimum Gasteiger partial charge on any atom is -0.491 e. The van der Waals surface area contributed by atoms with Gasteiger partial charge in [0.2, 0.25) is 0 Å². The van der Waals surface area contributed by atoms with Crippen LogP contribution in [-0.4, -0.2) is 29.5 Å². The van der Waals surface area contributed by atoms with Crippen molar-refractivity contribution in [1.29, 1.82) is 0 Å². The summed E-state index contributed by atoms with van der Waals surface area (Å²) in [5.41, 5.74) is 1.04. The van der Waals surface area contributed by atoms with Crippen molar-refractivity contribution >= 4 is 0 Å². The summed E-state index contributed by atoms with van der Waals surface area (Å²) < 4.78 is 5.23. The summed E-state index contributed by atoms with van der Waals surface area (Å²) in [6.45, 7) is 1.48. The van der Waals surface area contributed by atoms with E-state index in [0.717, 1.165) is 5.56 Å². The van der Waals surface area contributed by atoms with Crippen LogP contribution in [0.15, 0.2) is 24.3 Å². The van der Waals surface area contributed by atoms with E-state index in [1.165, 1.54) is 0 Å². The van der Waals surface area contributed by atoms with Gasteiger partial charge >= 0.3 is 0 Å². The van der Waals surface area contributed by atoms with Crippen LogP contribution in [-0.2, 0) is 4.84 Å². The van der Waals surface area contributed by atoms with Crippen LogP contribution in [0.2, 0.25) is 0 Å². The van der Waals surface area contributed by atoms with Gasteiger partial charge in [0.25, 0.3) is 5.09 Å². The number of benzene rings is 1.